The highest BCUT2D eigenvalue weighted by Crippen LogP contribution is 2.29. The Kier molecular flexibility index (Phi) is 7.83. The number of ether oxygens (including phenoxy) is 1. The molecule has 1 N–H and O–H groups in total. The number of hydrogen-bond donors (Lipinski definition) is 1. The van der Waals surface area contributed by atoms with Crippen molar-refractivity contribution in [2.24, 2.45) is 0 Å². The number of halogens is 1. The van der Waals surface area contributed by atoms with Gasteiger partial charge in [-0.2, -0.15) is 5.10 Å². The molecule has 0 aliphatic heterocycles. The van der Waals surface area contributed by atoms with Gasteiger partial charge in [-0.15, -0.1) is 0 Å². The van der Waals surface area contributed by atoms with E-state index in [4.69, 9.17) is 4.74 Å². The number of aromatic nitrogens is 2. The summed E-state index contributed by atoms with van der Waals surface area (Å²) < 4.78 is 49.5. The van der Waals surface area contributed by atoms with Crippen LogP contribution >= 0.6 is 0 Å². The Labute approximate surface area is 205 Å². The van der Waals surface area contributed by atoms with Crippen LogP contribution in [0.4, 0.5) is 4.39 Å². The minimum Gasteiger partial charge on any atom is -0.484 e. The second-order valence-corrected chi connectivity index (χ2v) is 10.5. The molecule has 2 atom stereocenters. The monoisotopic (exact) mass is 495 g/mol. The van der Waals surface area contributed by atoms with Crippen LogP contribution in [0, 0.1) is 5.82 Å². The van der Waals surface area contributed by atoms with E-state index in [0.717, 1.165) is 35.0 Å². The largest absolute Gasteiger partial charge is 0.484 e. The third-order valence-electron chi connectivity index (χ3n) is 5.84. The van der Waals surface area contributed by atoms with E-state index in [9.17, 15) is 12.8 Å². The molecule has 35 heavy (non-hydrogen) atoms. The molecule has 0 aliphatic rings. The summed E-state index contributed by atoms with van der Waals surface area (Å²) in [5.74, 6) is 0.395. The summed E-state index contributed by atoms with van der Waals surface area (Å²) in [6, 6.07) is 20.8. The minimum atomic E-state index is -3.43. The molecule has 0 unspecified atom stereocenters. The van der Waals surface area contributed by atoms with E-state index in [-0.39, 0.29) is 11.6 Å². The Morgan fingerprint density at radius 3 is 2.49 bits per heavy atom. The van der Waals surface area contributed by atoms with Crippen molar-refractivity contribution in [2.45, 2.75) is 45.3 Å². The fraction of sp³-hybridized carbons (Fsp3) is 0.296. The number of nitrogens with one attached hydrogen (secondary N) is 1. The first-order valence-electron chi connectivity index (χ1n) is 11.8. The SMILES string of the molecule is CCCCCS(=O)(=O)N[C@@H](C)[C@@H](Oc1ccc2c(cnn2-c2ccc(F)cc2)c1)c1ccccc1. The molecule has 0 aliphatic carbocycles. The number of hydrogen-bond acceptors (Lipinski definition) is 4. The molecule has 0 radical (unpaired) electrons. The third kappa shape index (κ3) is 6.26. The summed E-state index contributed by atoms with van der Waals surface area (Å²) in [6.45, 7) is 3.86. The van der Waals surface area contributed by atoms with E-state index in [1.165, 1.54) is 12.1 Å². The first kappa shape index (κ1) is 24.9. The number of rotatable bonds is 11. The van der Waals surface area contributed by atoms with Gasteiger partial charge in [0.25, 0.3) is 0 Å². The predicted molar refractivity (Wildman–Crippen MR) is 137 cm³/mol. The van der Waals surface area contributed by atoms with Gasteiger partial charge < -0.3 is 4.74 Å². The Morgan fingerprint density at radius 1 is 1.03 bits per heavy atom. The van der Waals surface area contributed by atoms with Crippen LogP contribution in [0.2, 0.25) is 0 Å². The minimum absolute atomic E-state index is 0.0984. The quantitative estimate of drug-likeness (QED) is 0.268. The summed E-state index contributed by atoms with van der Waals surface area (Å²) in [4.78, 5) is 0. The normalized spacial score (nSPS) is 13.6. The van der Waals surface area contributed by atoms with Gasteiger partial charge in [0.05, 0.1) is 29.2 Å². The van der Waals surface area contributed by atoms with Crippen LogP contribution in [0.15, 0.2) is 79.0 Å². The molecule has 0 spiro atoms. The van der Waals surface area contributed by atoms with Crippen molar-refractivity contribution in [1.29, 1.82) is 0 Å². The van der Waals surface area contributed by atoms with Gasteiger partial charge in [0.2, 0.25) is 10.0 Å². The van der Waals surface area contributed by atoms with Gasteiger partial charge in [0.15, 0.2) is 0 Å². The molecule has 6 nitrogen and oxygen atoms in total. The zero-order chi connectivity index (χ0) is 24.8. The maximum absolute atomic E-state index is 13.3. The molecule has 0 saturated heterocycles. The third-order valence-corrected chi connectivity index (χ3v) is 7.40. The molecule has 0 amide bonds. The van der Waals surface area contributed by atoms with Crippen LogP contribution in [0.25, 0.3) is 16.6 Å². The summed E-state index contributed by atoms with van der Waals surface area (Å²) in [7, 11) is -3.43. The first-order chi connectivity index (χ1) is 16.9. The second kappa shape index (κ2) is 11.0. The van der Waals surface area contributed by atoms with E-state index in [2.05, 4.69) is 9.82 Å². The smallest absolute Gasteiger partial charge is 0.211 e. The molecule has 1 aromatic heterocycles. The van der Waals surface area contributed by atoms with Gasteiger partial charge in [-0.3, -0.25) is 0 Å². The van der Waals surface area contributed by atoms with Crippen LogP contribution in [-0.2, 0) is 10.0 Å². The number of nitrogens with zero attached hydrogens (tertiary/aromatic N) is 2. The lowest BCUT2D eigenvalue weighted by Crippen LogP contribution is -2.40. The lowest BCUT2D eigenvalue weighted by atomic mass is 10.0. The number of unbranched alkanes of at least 4 members (excludes halogenated alkanes) is 2. The van der Waals surface area contributed by atoms with Gasteiger partial charge >= 0.3 is 0 Å². The lowest BCUT2D eigenvalue weighted by molar-refractivity contribution is 0.173. The molecule has 0 bridgehead atoms. The number of benzene rings is 3. The molecule has 184 valence electrons. The number of sulfonamides is 1. The van der Waals surface area contributed by atoms with Crippen LogP contribution < -0.4 is 9.46 Å². The van der Waals surface area contributed by atoms with Gasteiger partial charge in [-0.05, 0) is 61.4 Å². The van der Waals surface area contributed by atoms with Gasteiger partial charge in [-0.1, -0.05) is 50.1 Å². The standard InChI is InChI=1S/C27H30FN3O3S/c1-3-4-8-17-35(32,33)30-20(2)27(21-9-6-5-7-10-21)34-25-15-16-26-22(18-25)19-29-31(26)24-13-11-23(28)12-14-24/h5-7,9-16,18-20,27,30H,3-4,8,17H2,1-2H3/t20-,27+/m0/s1. The predicted octanol–water partition coefficient (Wildman–Crippen LogP) is 5.78. The first-order valence-corrected chi connectivity index (χ1v) is 13.5. The van der Waals surface area contributed by atoms with Crippen molar-refractivity contribution < 1.29 is 17.5 Å². The van der Waals surface area contributed by atoms with Crippen molar-refractivity contribution in [3.63, 3.8) is 0 Å². The molecule has 0 saturated carbocycles. The molecule has 1 heterocycles. The van der Waals surface area contributed by atoms with Gasteiger partial charge in [0, 0.05) is 5.39 Å². The summed E-state index contributed by atoms with van der Waals surface area (Å²) in [6.07, 6.45) is 3.66. The summed E-state index contributed by atoms with van der Waals surface area (Å²) in [5, 5.41) is 5.29. The Morgan fingerprint density at radius 2 is 1.77 bits per heavy atom. The van der Waals surface area contributed by atoms with E-state index in [1.54, 1.807) is 23.0 Å². The van der Waals surface area contributed by atoms with Gasteiger partial charge in [0.1, 0.15) is 17.7 Å². The average molecular weight is 496 g/mol. The highest BCUT2D eigenvalue weighted by Gasteiger charge is 2.26. The Balaban J connectivity index is 1.58. The fourth-order valence-electron chi connectivity index (χ4n) is 4.07. The van der Waals surface area contributed by atoms with Crippen molar-refractivity contribution in [3.8, 4) is 11.4 Å². The maximum Gasteiger partial charge on any atom is 0.211 e. The molecular weight excluding hydrogens is 465 g/mol. The van der Waals surface area contributed by atoms with Crippen LogP contribution in [0.1, 0.15) is 44.8 Å². The zero-order valence-electron chi connectivity index (χ0n) is 19.9. The Bertz CT molecular complexity index is 1360. The van der Waals surface area contributed by atoms with E-state index < -0.39 is 22.2 Å². The van der Waals surface area contributed by atoms with Crippen LogP contribution in [0.5, 0.6) is 5.75 Å². The van der Waals surface area contributed by atoms with Crippen LogP contribution in [-0.4, -0.2) is 30.0 Å². The highest BCUT2D eigenvalue weighted by atomic mass is 32.2. The second-order valence-electron chi connectivity index (χ2n) is 8.64. The number of fused-ring (bicyclic) bond motifs is 1. The summed E-state index contributed by atoms with van der Waals surface area (Å²) >= 11 is 0. The van der Waals surface area contributed by atoms with Crippen molar-refractivity contribution in [3.05, 3.63) is 90.4 Å². The molecule has 8 heteroatoms. The molecule has 0 fully saturated rings. The Hall–Kier alpha value is -3.23. The zero-order valence-corrected chi connectivity index (χ0v) is 20.7. The van der Waals surface area contributed by atoms with Gasteiger partial charge in [-0.25, -0.2) is 22.2 Å². The fourth-order valence-corrected chi connectivity index (χ4v) is 5.46. The van der Waals surface area contributed by atoms with E-state index >= 15 is 0 Å². The topological polar surface area (TPSA) is 73.2 Å². The average Bonchev–Trinajstić information content (AvgIpc) is 3.26. The van der Waals surface area contributed by atoms with Crippen LogP contribution in [0.3, 0.4) is 0 Å². The lowest BCUT2D eigenvalue weighted by Gasteiger charge is -2.26. The van der Waals surface area contributed by atoms with E-state index in [0.29, 0.717) is 12.2 Å². The maximum atomic E-state index is 13.3. The molecular formula is C27H30FN3O3S. The van der Waals surface area contributed by atoms with Crippen molar-refractivity contribution in [1.82, 2.24) is 14.5 Å². The van der Waals surface area contributed by atoms with E-state index in [1.807, 2.05) is 62.4 Å². The molecule has 4 aromatic rings. The highest BCUT2D eigenvalue weighted by molar-refractivity contribution is 7.89. The molecule has 3 aromatic carbocycles. The van der Waals surface area contributed by atoms with Crippen molar-refractivity contribution >= 4 is 20.9 Å². The summed E-state index contributed by atoms with van der Waals surface area (Å²) in [5.41, 5.74) is 2.48. The molecule has 4 rings (SSSR count). The van der Waals surface area contributed by atoms with Crippen molar-refractivity contribution in [2.75, 3.05) is 5.75 Å².